The summed E-state index contributed by atoms with van der Waals surface area (Å²) >= 11 is 0. The molecule has 4 rings (SSSR count). The fourth-order valence-electron chi connectivity index (χ4n) is 2.83. The maximum absolute atomic E-state index is 14.1. The first-order chi connectivity index (χ1) is 12.8. The molecule has 0 atom stereocenters. The third-order valence-corrected chi connectivity index (χ3v) is 5.11. The van der Waals surface area contributed by atoms with Gasteiger partial charge in [-0.05, 0) is 37.3 Å². The Labute approximate surface area is 155 Å². The van der Waals surface area contributed by atoms with Crippen molar-refractivity contribution in [3.8, 4) is 17.1 Å². The number of hydrogen-bond acceptors (Lipinski definition) is 5. The van der Waals surface area contributed by atoms with E-state index in [-0.39, 0.29) is 16.8 Å². The zero-order valence-corrected chi connectivity index (χ0v) is 15.3. The average molecular weight is 381 g/mol. The molecule has 135 valence electrons. The van der Waals surface area contributed by atoms with Crippen molar-refractivity contribution >= 4 is 20.7 Å². The highest BCUT2D eigenvalue weighted by atomic mass is 32.2. The molecule has 4 aromatic rings. The van der Waals surface area contributed by atoms with Crippen molar-refractivity contribution in [1.82, 2.24) is 19.7 Å². The van der Waals surface area contributed by atoms with Crippen molar-refractivity contribution in [1.29, 1.82) is 0 Å². The minimum absolute atomic E-state index is 0.0519. The molecule has 0 fully saturated rings. The first-order valence-electron chi connectivity index (χ1n) is 8.02. The third-order valence-electron chi connectivity index (χ3n) is 4.10. The quantitative estimate of drug-likeness (QED) is 0.545. The molecule has 27 heavy (non-hydrogen) atoms. The van der Waals surface area contributed by atoms with Gasteiger partial charge in [-0.25, -0.2) is 22.8 Å². The second-order valence-electron chi connectivity index (χ2n) is 6.19. The summed E-state index contributed by atoms with van der Waals surface area (Å²) in [5.41, 5.74) is 2.36. The number of nitrogens with zero attached hydrogens (tertiary/aromatic N) is 4. The third kappa shape index (κ3) is 3.08. The lowest BCUT2D eigenvalue weighted by Gasteiger charge is -2.06. The van der Waals surface area contributed by atoms with Crippen LogP contribution in [0.1, 0.15) is 5.56 Å². The lowest BCUT2D eigenvalue weighted by molar-refractivity contribution is 0.596. The van der Waals surface area contributed by atoms with Crippen LogP contribution in [0.2, 0.25) is 0 Å². The summed E-state index contributed by atoms with van der Waals surface area (Å²) in [6, 6.07) is 12.6. The van der Waals surface area contributed by atoms with Gasteiger partial charge in [-0.1, -0.05) is 17.7 Å². The predicted octanol–water partition coefficient (Wildman–Crippen LogP) is 3.13. The van der Waals surface area contributed by atoms with Gasteiger partial charge in [-0.2, -0.15) is 9.78 Å². The highest BCUT2D eigenvalue weighted by Crippen LogP contribution is 2.26. The van der Waals surface area contributed by atoms with Crippen LogP contribution in [0.3, 0.4) is 0 Å². The molecule has 0 unspecified atom stereocenters. The standard InChI is InChI=1S/C19H14FN4O2S/c1-12-7-8-16(20)15(9-12)13-10-21-19(22-11-13)24-17-6-4-3-5-14(17)18(23-24)27(2,25)26/h3,5-11H,1-2H3. The van der Waals surface area contributed by atoms with Gasteiger partial charge in [0.25, 0.3) is 5.95 Å². The van der Waals surface area contributed by atoms with Crippen LogP contribution >= 0.6 is 0 Å². The summed E-state index contributed by atoms with van der Waals surface area (Å²) in [6.45, 7) is 1.87. The van der Waals surface area contributed by atoms with E-state index >= 15 is 0 Å². The zero-order chi connectivity index (χ0) is 19.2. The van der Waals surface area contributed by atoms with Crippen LogP contribution in [0.5, 0.6) is 0 Å². The monoisotopic (exact) mass is 381 g/mol. The molecular weight excluding hydrogens is 367 g/mol. The average Bonchev–Trinajstić information content (AvgIpc) is 3.04. The Hall–Kier alpha value is -3.13. The van der Waals surface area contributed by atoms with Crippen LogP contribution in [0.4, 0.5) is 4.39 Å². The van der Waals surface area contributed by atoms with Gasteiger partial charge in [0.1, 0.15) is 5.82 Å². The summed E-state index contributed by atoms with van der Waals surface area (Å²) < 4.78 is 39.5. The van der Waals surface area contributed by atoms with Crippen LogP contribution < -0.4 is 0 Å². The fourth-order valence-corrected chi connectivity index (χ4v) is 3.63. The molecule has 0 aliphatic heterocycles. The molecule has 6 nitrogen and oxygen atoms in total. The van der Waals surface area contributed by atoms with Gasteiger partial charge in [-0.15, -0.1) is 0 Å². The van der Waals surface area contributed by atoms with E-state index in [4.69, 9.17) is 0 Å². The van der Waals surface area contributed by atoms with Crippen molar-refractivity contribution in [2.24, 2.45) is 0 Å². The largest absolute Gasteiger partial charge is 0.251 e. The molecular formula is C19H14FN4O2S. The molecule has 0 aliphatic carbocycles. The van der Waals surface area contributed by atoms with E-state index in [0.717, 1.165) is 11.8 Å². The number of rotatable bonds is 3. The maximum atomic E-state index is 14.1. The SMILES string of the molecule is Cc1ccc(F)c(-c2cnc(-n3nc(S(C)(=O)=O)c4cc[c]cc43)nc2)c1. The van der Waals surface area contributed by atoms with Crippen molar-refractivity contribution < 1.29 is 12.8 Å². The smallest absolute Gasteiger partial charge is 0.222 e. The highest BCUT2D eigenvalue weighted by molar-refractivity contribution is 7.90. The lowest BCUT2D eigenvalue weighted by Crippen LogP contribution is -2.05. The van der Waals surface area contributed by atoms with Gasteiger partial charge in [0.05, 0.1) is 5.52 Å². The van der Waals surface area contributed by atoms with Crippen LogP contribution in [0, 0.1) is 18.8 Å². The predicted molar refractivity (Wildman–Crippen MR) is 98.7 cm³/mol. The second kappa shape index (κ2) is 6.24. The molecule has 0 aliphatic rings. The van der Waals surface area contributed by atoms with E-state index in [1.54, 1.807) is 30.3 Å². The Morgan fingerprint density at radius 1 is 1.15 bits per heavy atom. The van der Waals surface area contributed by atoms with Crippen LogP contribution in [0.15, 0.2) is 53.8 Å². The van der Waals surface area contributed by atoms with E-state index in [1.165, 1.54) is 23.1 Å². The second-order valence-corrected chi connectivity index (χ2v) is 8.12. The molecule has 2 aromatic carbocycles. The zero-order valence-electron chi connectivity index (χ0n) is 14.5. The Balaban J connectivity index is 1.85. The van der Waals surface area contributed by atoms with E-state index in [0.29, 0.717) is 22.0 Å². The van der Waals surface area contributed by atoms with Crippen molar-refractivity contribution in [2.75, 3.05) is 6.26 Å². The summed E-state index contributed by atoms with van der Waals surface area (Å²) in [7, 11) is -3.53. The van der Waals surface area contributed by atoms with Crippen molar-refractivity contribution in [3.05, 3.63) is 66.2 Å². The summed E-state index contributed by atoms with van der Waals surface area (Å²) in [5.74, 6) is -0.179. The molecule has 0 spiro atoms. The van der Waals surface area contributed by atoms with Crippen molar-refractivity contribution in [2.45, 2.75) is 11.9 Å². The number of aromatic nitrogens is 4. The number of aryl methyl sites for hydroxylation is 1. The van der Waals surface area contributed by atoms with E-state index in [1.807, 2.05) is 6.92 Å². The first kappa shape index (κ1) is 17.3. The molecule has 1 radical (unpaired) electrons. The Morgan fingerprint density at radius 3 is 2.59 bits per heavy atom. The van der Waals surface area contributed by atoms with Gasteiger partial charge in [0.2, 0.25) is 0 Å². The molecule has 2 heterocycles. The molecule has 0 N–H and O–H groups in total. The molecule has 0 amide bonds. The van der Waals surface area contributed by atoms with Gasteiger partial charge in [0.15, 0.2) is 14.9 Å². The Kier molecular flexibility index (Phi) is 4.00. The fraction of sp³-hybridized carbons (Fsp3) is 0.105. The maximum Gasteiger partial charge on any atom is 0.251 e. The summed E-state index contributed by atoms with van der Waals surface area (Å²) in [6.07, 6.45) is 4.07. The van der Waals surface area contributed by atoms with Gasteiger partial charge >= 0.3 is 0 Å². The van der Waals surface area contributed by atoms with Gasteiger partial charge in [-0.3, -0.25) is 0 Å². The number of sulfone groups is 1. The molecule has 0 bridgehead atoms. The van der Waals surface area contributed by atoms with Crippen LogP contribution in [-0.4, -0.2) is 34.4 Å². The molecule has 8 heteroatoms. The first-order valence-corrected chi connectivity index (χ1v) is 9.91. The summed E-state index contributed by atoms with van der Waals surface area (Å²) in [4.78, 5) is 8.51. The van der Waals surface area contributed by atoms with Crippen LogP contribution in [-0.2, 0) is 9.84 Å². The van der Waals surface area contributed by atoms with E-state index < -0.39 is 9.84 Å². The number of halogens is 1. The minimum Gasteiger partial charge on any atom is -0.222 e. The molecule has 2 aromatic heterocycles. The highest BCUT2D eigenvalue weighted by Gasteiger charge is 2.20. The van der Waals surface area contributed by atoms with Crippen LogP contribution in [0.25, 0.3) is 28.0 Å². The summed E-state index contributed by atoms with van der Waals surface area (Å²) in [5, 5.41) is 4.59. The lowest BCUT2D eigenvalue weighted by atomic mass is 10.1. The number of hydrogen-bond donors (Lipinski definition) is 0. The molecule has 0 saturated heterocycles. The Bertz CT molecular complexity index is 1260. The molecule has 0 saturated carbocycles. The Morgan fingerprint density at radius 2 is 1.89 bits per heavy atom. The van der Waals surface area contributed by atoms with E-state index in [9.17, 15) is 12.8 Å². The topological polar surface area (TPSA) is 77.7 Å². The number of fused-ring (bicyclic) bond motifs is 1. The van der Waals surface area contributed by atoms with E-state index in [2.05, 4.69) is 21.1 Å². The minimum atomic E-state index is -3.53. The van der Waals surface area contributed by atoms with Gasteiger partial charge in [0, 0.05) is 35.2 Å². The van der Waals surface area contributed by atoms with Gasteiger partial charge < -0.3 is 0 Å². The normalized spacial score (nSPS) is 11.8. The number of benzene rings is 2. The van der Waals surface area contributed by atoms with Crippen molar-refractivity contribution in [3.63, 3.8) is 0 Å².